The molecule has 1 aromatic heterocycles. The Morgan fingerprint density at radius 1 is 1.15 bits per heavy atom. The summed E-state index contributed by atoms with van der Waals surface area (Å²) in [6.07, 6.45) is 1.47. The molecule has 0 unspecified atom stereocenters. The van der Waals surface area contributed by atoms with Crippen molar-refractivity contribution in [3.8, 4) is 11.5 Å². The number of amides is 1. The van der Waals surface area contributed by atoms with Crippen molar-refractivity contribution in [2.75, 3.05) is 14.2 Å². The fourth-order valence-corrected chi connectivity index (χ4v) is 4.66. The third-order valence-electron chi connectivity index (χ3n) is 3.67. The van der Waals surface area contributed by atoms with Crippen LogP contribution < -0.4 is 14.9 Å². The number of hydrogen-bond donors (Lipinski definition) is 1. The molecule has 0 bridgehead atoms. The molecule has 3 rings (SSSR count). The zero-order chi connectivity index (χ0) is 19.6. The van der Waals surface area contributed by atoms with E-state index in [0.29, 0.717) is 37.4 Å². The third kappa shape index (κ3) is 4.14. The monoisotopic (exact) mass is 442 g/mol. The van der Waals surface area contributed by atoms with E-state index in [1.165, 1.54) is 24.7 Å². The van der Waals surface area contributed by atoms with Gasteiger partial charge in [0.1, 0.15) is 16.4 Å². The number of hydrogen-bond acceptors (Lipinski definition) is 5. The lowest BCUT2D eigenvalue weighted by Crippen LogP contribution is -2.16. The van der Waals surface area contributed by atoms with Crippen LogP contribution in [0.5, 0.6) is 11.5 Å². The number of benzene rings is 2. The van der Waals surface area contributed by atoms with Gasteiger partial charge in [0.05, 0.1) is 30.5 Å². The molecule has 3 aromatic rings. The van der Waals surface area contributed by atoms with Crippen LogP contribution in [-0.4, -0.2) is 26.3 Å². The van der Waals surface area contributed by atoms with Crippen molar-refractivity contribution in [2.45, 2.75) is 0 Å². The van der Waals surface area contributed by atoms with Crippen molar-refractivity contribution < 1.29 is 14.3 Å². The number of carbonyl (C=O) groups excluding carboxylic acids is 1. The van der Waals surface area contributed by atoms with Crippen molar-refractivity contribution in [3.05, 3.63) is 55.8 Å². The zero-order valence-electron chi connectivity index (χ0n) is 14.2. The Hall–Kier alpha value is -1.99. The summed E-state index contributed by atoms with van der Waals surface area (Å²) < 4.78 is 11.2. The molecule has 0 aliphatic rings. The molecule has 0 aliphatic heterocycles. The summed E-state index contributed by atoms with van der Waals surface area (Å²) in [6.45, 7) is 0. The summed E-state index contributed by atoms with van der Waals surface area (Å²) in [5.74, 6) is 0.770. The van der Waals surface area contributed by atoms with Gasteiger partial charge in [-0.25, -0.2) is 5.43 Å². The average molecular weight is 444 g/mol. The van der Waals surface area contributed by atoms with E-state index in [9.17, 15) is 4.79 Å². The van der Waals surface area contributed by atoms with Crippen molar-refractivity contribution >= 4 is 68.3 Å². The summed E-state index contributed by atoms with van der Waals surface area (Å²) in [4.78, 5) is 12.8. The number of thiophene rings is 1. The number of nitrogens with zero attached hydrogens (tertiary/aromatic N) is 1. The Morgan fingerprint density at radius 3 is 2.63 bits per heavy atom. The standard InChI is InChI=1S/C18H13Cl3N2O3S/c1-25-11-4-3-9(13(7-11)26-2)8-22-23-18(24)17-16(21)15-12(20)5-10(19)6-14(15)27-17/h3-8H,1-2H3,(H,23,24)/b22-8+. The van der Waals surface area contributed by atoms with Gasteiger partial charge in [-0.05, 0) is 24.3 Å². The lowest BCUT2D eigenvalue weighted by molar-refractivity contribution is 0.0959. The molecule has 0 atom stereocenters. The number of carbonyl (C=O) groups is 1. The maximum atomic E-state index is 12.5. The van der Waals surface area contributed by atoms with Gasteiger partial charge in [0.25, 0.3) is 5.91 Å². The van der Waals surface area contributed by atoms with Crippen LogP contribution in [0.2, 0.25) is 15.1 Å². The second-order valence-electron chi connectivity index (χ2n) is 5.31. The molecule has 1 heterocycles. The molecule has 5 nitrogen and oxygen atoms in total. The highest BCUT2D eigenvalue weighted by Gasteiger charge is 2.19. The van der Waals surface area contributed by atoms with Gasteiger partial charge < -0.3 is 9.47 Å². The second kappa shape index (κ2) is 8.35. The Kier molecular flexibility index (Phi) is 6.11. The topological polar surface area (TPSA) is 59.9 Å². The summed E-state index contributed by atoms with van der Waals surface area (Å²) in [6, 6.07) is 8.54. The maximum Gasteiger partial charge on any atom is 0.283 e. The number of fused-ring (bicyclic) bond motifs is 1. The first kappa shape index (κ1) is 19.8. The number of halogens is 3. The molecule has 9 heteroatoms. The molecule has 140 valence electrons. The predicted molar refractivity (Wildman–Crippen MR) is 111 cm³/mol. The molecule has 0 saturated heterocycles. The molecule has 2 aromatic carbocycles. The molecule has 0 fully saturated rings. The maximum absolute atomic E-state index is 12.5. The highest BCUT2D eigenvalue weighted by molar-refractivity contribution is 7.21. The van der Waals surface area contributed by atoms with E-state index in [1.54, 1.807) is 37.4 Å². The molecule has 0 radical (unpaired) electrons. The molecule has 1 N–H and O–H groups in total. The minimum absolute atomic E-state index is 0.270. The second-order valence-corrected chi connectivity index (χ2v) is 7.59. The predicted octanol–water partition coefficient (Wildman–Crippen LogP) is 5.64. The Bertz CT molecular complexity index is 1050. The van der Waals surface area contributed by atoms with Gasteiger partial charge in [0.2, 0.25) is 0 Å². The first-order chi connectivity index (χ1) is 12.9. The van der Waals surface area contributed by atoms with Gasteiger partial charge in [-0.1, -0.05) is 34.8 Å². The van der Waals surface area contributed by atoms with E-state index in [4.69, 9.17) is 44.3 Å². The van der Waals surface area contributed by atoms with Crippen molar-refractivity contribution in [3.63, 3.8) is 0 Å². The first-order valence-corrected chi connectivity index (χ1v) is 9.52. The van der Waals surface area contributed by atoms with Crippen LogP contribution in [0.15, 0.2) is 35.4 Å². The number of rotatable bonds is 5. The first-order valence-electron chi connectivity index (χ1n) is 7.57. The van der Waals surface area contributed by atoms with E-state index in [1.807, 2.05) is 0 Å². The van der Waals surface area contributed by atoms with Crippen molar-refractivity contribution in [1.82, 2.24) is 5.43 Å². The van der Waals surface area contributed by atoms with Crippen LogP contribution >= 0.6 is 46.1 Å². The van der Waals surface area contributed by atoms with Crippen LogP contribution in [0, 0.1) is 0 Å². The Labute approximate surface area is 174 Å². The normalized spacial score (nSPS) is 11.1. The van der Waals surface area contributed by atoms with Crippen LogP contribution in [0.25, 0.3) is 10.1 Å². The SMILES string of the molecule is COc1ccc(/C=N/NC(=O)c2sc3cc(Cl)cc(Cl)c3c2Cl)c(OC)c1. The number of ether oxygens (including phenoxy) is 2. The van der Waals surface area contributed by atoms with Crippen LogP contribution in [-0.2, 0) is 0 Å². The lowest BCUT2D eigenvalue weighted by atomic mass is 10.2. The Morgan fingerprint density at radius 2 is 1.93 bits per heavy atom. The summed E-state index contributed by atoms with van der Waals surface area (Å²) in [7, 11) is 3.10. The van der Waals surface area contributed by atoms with Crippen LogP contribution in [0.3, 0.4) is 0 Å². The van der Waals surface area contributed by atoms with Gasteiger partial charge >= 0.3 is 0 Å². The third-order valence-corrected chi connectivity index (χ3v) is 5.81. The molecule has 1 amide bonds. The number of methoxy groups -OCH3 is 2. The van der Waals surface area contributed by atoms with Crippen LogP contribution in [0.1, 0.15) is 15.2 Å². The molecule has 0 spiro atoms. The summed E-state index contributed by atoms with van der Waals surface area (Å²) >= 11 is 19.7. The summed E-state index contributed by atoms with van der Waals surface area (Å²) in [5.41, 5.74) is 3.13. The van der Waals surface area contributed by atoms with Gasteiger partial charge in [-0.15, -0.1) is 11.3 Å². The Balaban J connectivity index is 1.82. The van der Waals surface area contributed by atoms with E-state index in [2.05, 4.69) is 10.5 Å². The van der Waals surface area contributed by atoms with Crippen molar-refractivity contribution in [2.24, 2.45) is 5.10 Å². The van der Waals surface area contributed by atoms with E-state index in [0.717, 1.165) is 4.70 Å². The minimum atomic E-state index is -0.447. The fourth-order valence-electron chi connectivity index (χ4n) is 2.39. The van der Waals surface area contributed by atoms with Gasteiger partial charge in [0, 0.05) is 26.7 Å². The van der Waals surface area contributed by atoms with E-state index >= 15 is 0 Å². The largest absolute Gasteiger partial charge is 0.497 e. The van der Waals surface area contributed by atoms with Gasteiger partial charge in [-0.2, -0.15) is 5.10 Å². The highest BCUT2D eigenvalue weighted by Crippen LogP contribution is 2.41. The van der Waals surface area contributed by atoms with E-state index < -0.39 is 5.91 Å². The molecule has 0 saturated carbocycles. The van der Waals surface area contributed by atoms with Gasteiger partial charge in [-0.3, -0.25) is 4.79 Å². The average Bonchev–Trinajstić information content (AvgIpc) is 2.98. The molecular formula is C18H13Cl3N2O3S. The van der Waals surface area contributed by atoms with Crippen molar-refractivity contribution in [1.29, 1.82) is 0 Å². The van der Waals surface area contributed by atoms with Gasteiger partial charge in [0.15, 0.2) is 0 Å². The highest BCUT2D eigenvalue weighted by atomic mass is 35.5. The number of hydrazone groups is 1. The quantitative estimate of drug-likeness (QED) is 0.410. The summed E-state index contributed by atoms with van der Waals surface area (Å²) in [5, 5.41) is 5.71. The molecule has 27 heavy (non-hydrogen) atoms. The van der Waals surface area contributed by atoms with E-state index in [-0.39, 0.29) is 5.02 Å². The molecule has 0 aliphatic carbocycles. The smallest absolute Gasteiger partial charge is 0.283 e. The lowest BCUT2D eigenvalue weighted by Gasteiger charge is -2.06. The van der Waals surface area contributed by atoms with Crippen LogP contribution in [0.4, 0.5) is 0 Å². The fraction of sp³-hybridized carbons (Fsp3) is 0.111. The zero-order valence-corrected chi connectivity index (χ0v) is 17.3. The number of nitrogens with one attached hydrogen (secondary N) is 1. The molecular weight excluding hydrogens is 431 g/mol. The minimum Gasteiger partial charge on any atom is -0.497 e.